The molecule has 0 aromatic rings. The van der Waals surface area contributed by atoms with Gasteiger partial charge in [-0.1, -0.05) is 0 Å². The number of methoxy groups -OCH3 is 2. The number of ether oxygens (including phenoxy) is 5. The fourth-order valence-electron chi connectivity index (χ4n) is 1.36. The lowest BCUT2D eigenvalue weighted by molar-refractivity contribution is -0.445. The summed E-state index contributed by atoms with van der Waals surface area (Å²) in [5.41, 5.74) is 0. The van der Waals surface area contributed by atoms with Crippen LogP contribution in [-0.4, -0.2) is 58.0 Å². The third kappa shape index (κ3) is 5.29. The molecule has 0 rings (SSSR count). The molecule has 0 aliphatic heterocycles. The third-order valence-electron chi connectivity index (χ3n) is 2.05. The third-order valence-corrected chi connectivity index (χ3v) is 2.05. The van der Waals surface area contributed by atoms with Crippen LogP contribution in [0, 0.1) is 0 Å². The number of aliphatic hydroxyl groups excluding tert-OH is 1. The van der Waals surface area contributed by atoms with E-state index in [0.717, 1.165) is 0 Å². The maximum Gasteiger partial charge on any atom is 0.337 e. The van der Waals surface area contributed by atoms with E-state index in [-0.39, 0.29) is 6.61 Å². The summed E-state index contributed by atoms with van der Waals surface area (Å²) in [6.45, 7) is 4.84. The van der Waals surface area contributed by atoms with Gasteiger partial charge in [0.05, 0.1) is 6.61 Å². The minimum Gasteiger partial charge on any atom is -0.396 e. The fraction of sp³-hybridized carbons (Fsp3) is 1.00. The van der Waals surface area contributed by atoms with Crippen molar-refractivity contribution in [2.45, 2.75) is 32.5 Å². The molecule has 0 heterocycles. The summed E-state index contributed by atoms with van der Waals surface area (Å²) in [5.74, 6) is -1.37. The molecule has 6 heteroatoms. The second-order valence-corrected chi connectivity index (χ2v) is 3.19. The van der Waals surface area contributed by atoms with Gasteiger partial charge in [-0.25, -0.2) is 0 Å². The molecule has 0 saturated heterocycles. The van der Waals surface area contributed by atoms with Crippen molar-refractivity contribution < 1.29 is 28.8 Å². The molecule has 0 aliphatic carbocycles. The van der Waals surface area contributed by atoms with Crippen molar-refractivity contribution in [1.82, 2.24) is 0 Å². The van der Waals surface area contributed by atoms with Crippen molar-refractivity contribution in [1.29, 1.82) is 0 Å². The van der Waals surface area contributed by atoms with Crippen molar-refractivity contribution in [3.63, 3.8) is 0 Å². The van der Waals surface area contributed by atoms with Gasteiger partial charge in [0, 0.05) is 34.0 Å². The Kier molecular flexibility index (Phi) is 9.62. The molecule has 1 unspecified atom stereocenters. The first-order valence-corrected chi connectivity index (χ1v) is 5.79. The summed E-state index contributed by atoms with van der Waals surface area (Å²) in [6, 6.07) is 0. The molecule has 0 fully saturated rings. The summed E-state index contributed by atoms with van der Waals surface area (Å²) >= 11 is 0. The number of aliphatic hydroxyl groups is 1. The van der Waals surface area contributed by atoms with Crippen molar-refractivity contribution in [2.24, 2.45) is 0 Å². The van der Waals surface area contributed by atoms with E-state index in [1.165, 1.54) is 14.2 Å². The van der Waals surface area contributed by atoms with Crippen LogP contribution >= 0.6 is 0 Å². The molecule has 17 heavy (non-hydrogen) atoms. The van der Waals surface area contributed by atoms with E-state index in [1.807, 2.05) is 13.8 Å². The summed E-state index contributed by atoms with van der Waals surface area (Å²) in [6.07, 6.45) is -0.295. The lowest BCUT2D eigenvalue weighted by Crippen LogP contribution is -2.51. The zero-order valence-electron chi connectivity index (χ0n) is 11.1. The molecule has 104 valence electrons. The van der Waals surface area contributed by atoms with Gasteiger partial charge in [-0.3, -0.25) is 0 Å². The average Bonchev–Trinajstić information content (AvgIpc) is 2.34. The molecule has 0 aromatic heterocycles. The quantitative estimate of drug-likeness (QED) is 0.432. The maximum absolute atomic E-state index is 8.70. The first-order valence-electron chi connectivity index (χ1n) is 5.79. The smallest absolute Gasteiger partial charge is 0.337 e. The lowest BCUT2D eigenvalue weighted by atomic mass is 10.4. The summed E-state index contributed by atoms with van der Waals surface area (Å²) in [7, 11) is 2.95. The zero-order chi connectivity index (χ0) is 13.1. The van der Waals surface area contributed by atoms with Gasteiger partial charge < -0.3 is 28.8 Å². The van der Waals surface area contributed by atoms with E-state index < -0.39 is 12.3 Å². The van der Waals surface area contributed by atoms with Gasteiger partial charge in [-0.15, -0.1) is 0 Å². The Labute approximate surface area is 103 Å². The molecule has 0 amide bonds. The molecular formula is C11H24O6. The minimum absolute atomic E-state index is 0.0552. The predicted octanol–water partition coefficient (Wildman–Crippen LogP) is 0.731. The first kappa shape index (κ1) is 16.8. The van der Waals surface area contributed by atoms with Gasteiger partial charge in [-0.05, 0) is 20.3 Å². The van der Waals surface area contributed by atoms with Crippen molar-refractivity contribution >= 4 is 0 Å². The SMILES string of the molecule is CCOC(OC)(OCC)C(OC)OCCCO. The Bertz CT molecular complexity index is 169. The Morgan fingerprint density at radius 2 is 1.71 bits per heavy atom. The Morgan fingerprint density at radius 3 is 2.06 bits per heavy atom. The maximum atomic E-state index is 8.70. The van der Waals surface area contributed by atoms with Gasteiger partial charge in [0.1, 0.15) is 0 Å². The molecule has 0 saturated carbocycles. The highest BCUT2D eigenvalue weighted by atomic mass is 16.9. The van der Waals surface area contributed by atoms with Crippen LogP contribution < -0.4 is 0 Å². The van der Waals surface area contributed by atoms with Crippen LogP contribution in [0.15, 0.2) is 0 Å². The molecule has 0 radical (unpaired) electrons. The van der Waals surface area contributed by atoms with Crippen LogP contribution in [0.25, 0.3) is 0 Å². The molecule has 1 atom stereocenters. The van der Waals surface area contributed by atoms with Crippen LogP contribution in [0.2, 0.25) is 0 Å². The summed E-state index contributed by atoms with van der Waals surface area (Å²) in [4.78, 5) is 0. The number of rotatable bonds is 11. The molecule has 0 bridgehead atoms. The molecule has 6 nitrogen and oxygen atoms in total. The van der Waals surface area contributed by atoms with E-state index >= 15 is 0 Å². The van der Waals surface area contributed by atoms with E-state index in [1.54, 1.807) is 0 Å². The Morgan fingerprint density at radius 1 is 1.12 bits per heavy atom. The minimum atomic E-state index is -1.37. The second kappa shape index (κ2) is 9.76. The van der Waals surface area contributed by atoms with Crippen LogP contribution in [0.4, 0.5) is 0 Å². The van der Waals surface area contributed by atoms with E-state index in [9.17, 15) is 0 Å². The standard InChI is InChI=1S/C11H24O6/c1-5-16-11(14-4,17-6-2)10(13-3)15-9-7-8-12/h10,12H,5-9H2,1-4H3. The molecular weight excluding hydrogens is 228 g/mol. The Hall–Kier alpha value is -0.240. The summed E-state index contributed by atoms with van der Waals surface area (Å²) < 4.78 is 26.8. The van der Waals surface area contributed by atoms with Crippen molar-refractivity contribution in [3.05, 3.63) is 0 Å². The molecule has 0 aliphatic rings. The van der Waals surface area contributed by atoms with Gasteiger partial charge in [0.25, 0.3) is 0 Å². The first-order chi connectivity index (χ1) is 8.20. The predicted molar refractivity (Wildman–Crippen MR) is 61.4 cm³/mol. The zero-order valence-corrected chi connectivity index (χ0v) is 11.1. The van der Waals surface area contributed by atoms with Crippen LogP contribution in [-0.2, 0) is 23.7 Å². The van der Waals surface area contributed by atoms with E-state index in [0.29, 0.717) is 26.2 Å². The van der Waals surface area contributed by atoms with Gasteiger partial charge in [-0.2, -0.15) is 0 Å². The Balaban J connectivity index is 4.56. The van der Waals surface area contributed by atoms with E-state index in [4.69, 9.17) is 28.8 Å². The fourth-order valence-corrected chi connectivity index (χ4v) is 1.36. The lowest BCUT2D eigenvalue weighted by Gasteiger charge is -2.36. The van der Waals surface area contributed by atoms with Crippen molar-refractivity contribution in [3.8, 4) is 0 Å². The van der Waals surface area contributed by atoms with Crippen molar-refractivity contribution in [2.75, 3.05) is 40.6 Å². The topological polar surface area (TPSA) is 66.4 Å². The van der Waals surface area contributed by atoms with Gasteiger partial charge in [0.15, 0.2) is 0 Å². The molecule has 0 aromatic carbocycles. The largest absolute Gasteiger partial charge is 0.396 e. The van der Waals surface area contributed by atoms with E-state index in [2.05, 4.69) is 0 Å². The second-order valence-electron chi connectivity index (χ2n) is 3.19. The van der Waals surface area contributed by atoms with Crippen LogP contribution in [0.3, 0.4) is 0 Å². The average molecular weight is 252 g/mol. The van der Waals surface area contributed by atoms with Crippen LogP contribution in [0.1, 0.15) is 20.3 Å². The highest BCUT2D eigenvalue weighted by molar-refractivity contribution is 4.63. The molecule has 1 N–H and O–H groups in total. The number of hydrogen-bond donors (Lipinski definition) is 1. The summed E-state index contributed by atoms with van der Waals surface area (Å²) in [5, 5.41) is 8.70. The monoisotopic (exact) mass is 252 g/mol. The molecule has 0 spiro atoms. The highest BCUT2D eigenvalue weighted by Gasteiger charge is 2.43. The number of hydrogen-bond acceptors (Lipinski definition) is 6. The van der Waals surface area contributed by atoms with Crippen LogP contribution in [0.5, 0.6) is 0 Å². The van der Waals surface area contributed by atoms with Gasteiger partial charge in [0.2, 0.25) is 6.29 Å². The van der Waals surface area contributed by atoms with Gasteiger partial charge >= 0.3 is 5.97 Å². The highest BCUT2D eigenvalue weighted by Crippen LogP contribution is 2.23. The normalized spacial score (nSPS) is 13.9.